The quantitative estimate of drug-likeness (QED) is 0.527. The van der Waals surface area contributed by atoms with E-state index in [0.29, 0.717) is 23.7 Å². The van der Waals surface area contributed by atoms with Gasteiger partial charge >= 0.3 is 5.97 Å². The summed E-state index contributed by atoms with van der Waals surface area (Å²) in [5.74, 6) is -2.31. The topological polar surface area (TPSA) is 84.0 Å². The Labute approximate surface area is 166 Å². The van der Waals surface area contributed by atoms with Gasteiger partial charge in [-0.1, -0.05) is 24.4 Å². The number of rotatable bonds is 6. The minimum atomic E-state index is -0.753. The lowest BCUT2D eigenvalue weighted by atomic mass is 9.81. The lowest BCUT2D eigenvalue weighted by Crippen LogP contribution is -2.38. The zero-order valence-electron chi connectivity index (χ0n) is 15.0. The van der Waals surface area contributed by atoms with E-state index in [0.717, 1.165) is 22.6 Å². The number of carbonyl (C=O) groups excluding carboxylic acids is 4. The highest BCUT2D eigenvalue weighted by atomic mass is 35.5. The van der Waals surface area contributed by atoms with Crippen LogP contribution in [0.1, 0.15) is 30.6 Å². The minimum absolute atomic E-state index is 0.292. The van der Waals surface area contributed by atoms with E-state index in [1.54, 1.807) is 13.1 Å². The van der Waals surface area contributed by atoms with Crippen molar-refractivity contribution in [2.45, 2.75) is 32.2 Å². The number of ether oxygens (including phenoxy) is 1. The molecule has 2 heterocycles. The molecule has 1 saturated carbocycles. The van der Waals surface area contributed by atoms with Crippen molar-refractivity contribution in [1.82, 2.24) is 9.80 Å². The summed E-state index contributed by atoms with van der Waals surface area (Å²) in [4.78, 5) is 52.2. The molecule has 2 fully saturated rings. The van der Waals surface area contributed by atoms with Gasteiger partial charge in [0.15, 0.2) is 6.61 Å². The van der Waals surface area contributed by atoms with Gasteiger partial charge in [0.1, 0.15) is 6.54 Å². The summed E-state index contributed by atoms with van der Waals surface area (Å²) >= 11 is 7.23. The number of fused-ring (bicyclic) bond motifs is 1. The maximum atomic E-state index is 12.3. The van der Waals surface area contributed by atoms with Crippen molar-refractivity contribution in [1.29, 1.82) is 0 Å². The average molecular weight is 413 g/mol. The molecule has 0 spiro atoms. The second kappa shape index (κ2) is 8.39. The molecular formula is C18H21ClN2O5S. The van der Waals surface area contributed by atoms with Gasteiger partial charge in [-0.25, -0.2) is 0 Å². The highest BCUT2D eigenvalue weighted by Gasteiger charge is 2.48. The van der Waals surface area contributed by atoms with Crippen molar-refractivity contribution in [3.05, 3.63) is 21.3 Å². The van der Waals surface area contributed by atoms with Crippen molar-refractivity contribution in [3.63, 3.8) is 0 Å². The van der Waals surface area contributed by atoms with Gasteiger partial charge in [0.2, 0.25) is 11.8 Å². The first-order valence-corrected chi connectivity index (χ1v) is 10.1. The molecule has 1 aliphatic carbocycles. The smallest absolute Gasteiger partial charge is 0.326 e. The predicted molar refractivity (Wildman–Crippen MR) is 98.9 cm³/mol. The maximum absolute atomic E-state index is 12.3. The second-order valence-electron chi connectivity index (χ2n) is 6.88. The molecule has 0 N–H and O–H groups in total. The SMILES string of the molecule is CN(Cc1ccc(Cl)s1)C(=O)COC(=O)CN1C(=O)C2CCCCC2C1=O. The molecule has 0 bridgehead atoms. The molecule has 3 rings (SSSR count). The Morgan fingerprint density at radius 2 is 1.85 bits per heavy atom. The van der Waals surface area contributed by atoms with Crippen LogP contribution in [-0.4, -0.2) is 53.7 Å². The van der Waals surface area contributed by atoms with Crippen LogP contribution in [0.2, 0.25) is 4.34 Å². The number of likely N-dealkylation sites (tertiary alicyclic amines) is 1. The molecule has 1 aromatic rings. The summed E-state index contributed by atoms with van der Waals surface area (Å²) < 4.78 is 5.62. The summed E-state index contributed by atoms with van der Waals surface area (Å²) in [6.45, 7) is -0.500. The fourth-order valence-electron chi connectivity index (χ4n) is 3.57. The van der Waals surface area contributed by atoms with Crippen LogP contribution in [0, 0.1) is 11.8 Å². The zero-order chi connectivity index (χ0) is 19.6. The molecule has 2 aliphatic rings. The Hall–Kier alpha value is -1.93. The van der Waals surface area contributed by atoms with Gasteiger partial charge in [0.05, 0.1) is 22.7 Å². The first-order valence-electron chi connectivity index (χ1n) is 8.86. The van der Waals surface area contributed by atoms with Crippen molar-refractivity contribution in [2.75, 3.05) is 20.2 Å². The van der Waals surface area contributed by atoms with Crippen molar-refractivity contribution >= 4 is 46.6 Å². The highest BCUT2D eigenvalue weighted by molar-refractivity contribution is 7.16. The molecular weight excluding hydrogens is 392 g/mol. The van der Waals surface area contributed by atoms with E-state index >= 15 is 0 Å². The molecule has 2 atom stereocenters. The number of hydrogen-bond donors (Lipinski definition) is 0. The molecule has 1 aliphatic heterocycles. The van der Waals surface area contributed by atoms with Gasteiger partial charge < -0.3 is 9.64 Å². The van der Waals surface area contributed by atoms with E-state index in [1.807, 2.05) is 6.07 Å². The molecule has 0 radical (unpaired) electrons. The lowest BCUT2D eigenvalue weighted by Gasteiger charge is -2.19. The molecule has 9 heteroatoms. The molecule has 1 aromatic heterocycles. The monoisotopic (exact) mass is 412 g/mol. The summed E-state index contributed by atoms with van der Waals surface area (Å²) in [6.07, 6.45) is 3.23. The summed E-state index contributed by atoms with van der Waals surface area (Å²) in [5.41, 5.74) is 0. The molecule has 27 heavy (non-hydrogen) atoms. The van der Waals surface area contributed by atoms with E-state index in [9.17, 15) is 19.2 Å². The van der Waals surface area contributed by atoms with Gasteiger partial charge in [-0.05, 0) is 25.0 Å². The number of amides is 3. The molecule has 7 nitrogen and oxygen atoms in total. The number of halogens is 1. The number of likely N-dealkylation sites (N-methyl/N-ethyl adjacent to an activating group) is 1. The Morgan fingerprint density at radius 1 is 1.22 bits per heavy atom. The Morgan fingerprint density at radius 3 is 2.41 bits per heavy atom. The highest BCUT2D eigenvalue weighted by Crippen LogP contribution is 2.37. The first kappa shape index (κ1) is 19.8. The standard InChI is InChI=1S/C18H21ClN2O5S/c1-20(8-11-6-7-14(19)27-11)15(22)10-26-16(23)9-21-17(24)12-4-2-3-5-13(12)18(21)25/h6-7,12-13H,2-5,8-10H2,1H3. The van der Waals surface area contributed by atoms with Crippen molar-refractivity contribution < 1.29 is 23.9 Å². The fraction of sp³-hybridized carbons (Fsp3) is 0.556. The molecule has 1 saturated heterocycles. The van der Waals surface area contributed by atoms with Crippen molar-refractivity contribution in [3.8, 4) is 0 Å². The van der Waals surface area contributed by atoms with Gasteiger partial charge in [0, 0.05) is 11.9 Å². The molecule has 3 amide bonds. The summed E-state index contributed by atoms with van der Waals surface area (Å²) in [6, 6.07) is 3.58. The summed E-state index contributed by atoms with van der Waals surface area (Å²) in [5, 5.41) is 0. The van der Waals surface area contributed by atoms with Crippen LogP contribution < -0.4 is 0 Å². The maximum Gasteiger partial charge on any atom is 0.326 e. The van der Waals surface area contributed by atoms with Crippen LogP contribution in [0.5, 0.6) is 0 Å². The number of nitrogens with zero attached hydrogens (tertiary/aromatic N) is 2. The Bertz CT molecular complexity index is 741. The average Bonchev–Trinajstić information content (AvgIpc) is 3.16. The largest absolute Gasteiger partial charge is 0.454 e. The lowest BCUT2D eigenvalue weighted by molar-refractivity contribution is -0.156. The normalized spacial score (nSPS) is 21.9. The number of hydrogen-bond acceptors (Lipinski definition) is 6. The number of carbonyl (C=O) groups is 4. The molecule has 0 aromatic carbocycles. The van der Waals surface area contributed by atoms with Gasteiger partial charge in [-0.15, -0.1) is 11.3 Å². The van der Waals surface area contributed by atoms with E-state index in [4.69, 9.17) is 16.3 Å². The van der Waals surface area contributed by atoms with Crippen LogP contribution >= 0.6 is 22.9 Å². The number of imide groups is 1. The predicted octanol–water partition coefficient (Wildman–Crippen LogP) is 2.08. The van der Waals surface area contributed by atoms with Crippen LogP contribution in [0.15, 0.2) is 12.1 Å². The number of esters is 1. The van der Waals surface area contributed by atoms with E-state index < -0.39 is 19.1 Å². The third-order valence-corrected chi connectivity index (χ3v) is 6.24. The third kappa shape index (κ3) is 4.50. The Kier molecular flexibility index (Phi) is 6.16. The zero-order valence-corrected chi connectivity index (χ0v) is 16.6. The van der Waals surface area contributed by atoms with E-state index in [2.05, 4.69) is 0 Å². The van der Waals surface area contributed by atoms with Gasteiger partial charge in [-0.3, -0.25) is 24.1 Å². The van der Waals surface area contributed by atoms with Crippen LogP contribution in [0.4, 0.5) is 0 Å². The minimum Gasteiger partial charge on any atom is -0.454 e. The van der Waals surface area contributed by atoms with Gasteiger partial charge in [-0.2, -0.15) is 0 Å². The van der Waals surface area contributed by atoms with Crippen LogP contribution in [-0.2, 0) is 30.5 Å². The third-order valence-electron chi connectivity index (χ3n) is 5.02. The molecule has 146 valence electrons. The van der Waals surface area contributed by atoms with Crippen LogP contribution in [0.3, 0.4) is 0 Å². The second-order valence-corrected chi connectivity index (χ2v) is 8.68. The Balaban J connectivity index is 1.47. The molecule has 2 unspecified atom stereocenters. The van der Waals surface area contributed by atoms with E-state index in [1.165, 1.54) is 16.2 Å². The number of thiophene rings is 1. The van der Waals surface area contributed by atoms with Crippen LogP contribution in [0.25, 0.3) is 0 Å². The first-order chi connectivity index (χ1) is 12.9. The summed E-state index contributed by atoms with van der Waals surface area (Å²) in [7, 11) is 1.60. The van der Waals surface area contributed by atoms with E-state index in [-0.39, 0.29) is 29.6 Å². The fourth-order valence-corrected chi connectivity index (χ4v) is 4.71. The van der Waals surface area contributed by atoms with Gasteiger partial charge in [0.25, 0.3) is 5.91 Å². The van der Waals surface area contributed by atoms with Crippen molar-refractivity contribution in [2.24, 2.45) is 11.8 Å².